The highest BCUT2D eigenvalue weighted by atomic mass is 16.5. The summed E-state index contributed by atoms with van der Waals surface area (Å²) in [6.45, 7) is 5.56. The van der Waals surface area contributed by atoms with Crippen LogP contribution in [0.4, 0.5) is 0 Å². The van der Waals surface area contributed by atoms with E-state index in [9.17, 15) is 0 Å². The maximum atomic E-state index is 5.53. The first-order valence-electron chi connectivity index (χ1n) is 5.67. The molecule has 0 bridgehead atoms. The van der Waals surface area contributed by atoms with Gasteiger partial charge in [-0.15, -0.1) is 0 Å². The molecule has 2 heterocycles. The zero-order chi connectivity index (χ0) is 9.10. The van der Waals surface area contributed by atoms with Crippen LogP contribution in [-0.4, -0.2) is 25.8 Å². The van der Waals surface area contributed by atoms with E-state index in [-0.39, 0.29) is 0 Å². The number of hydrogen-bond acceptors (Lipinski definition) is 2. The van der Waals surface area contributed by atoms with E-state index in [2.05, 4.69) is 12.2 Å². The molecule has 0 aliphatic carbocycles. The summed E-state index contributed by atoms with van der Waals surface area (Å²) < 4.78 is 5.53. The highest BCUT2D eigenvalue weighted by molar-refractivity contribution is 4.83. The Morgan fingerprint density at radius 2 is 2.23 bits per heavy atom. The van der Waals surface area contributed by atoms with Crippen LogP contribution in [0.2, 0.25) is 0 Å². The Labute approximate surface area is 81.0 Å². The summed E-state index contributed by atoms with van der Waals surface area (Å²) >= 11 is 0. The third-order valence-corrected chi connectivity index (χ3v) is 3.46. The average molecular weight is 183 g/mol. The van der Waals surface area contributed by atoms with Gasteiger partial charge in [0.15, 0.2) is 0 Å². The lowest BCUT2D eigenvalue weighted by Gasteiger charge is -2.36. The molecule has 0 aromatic carbocycles. The number of hydrogen-bond donors (Lipinski definition) is 1. The lowest BCUT2D eigenvalue weighted by atomic mass is 9.84. The minimum absolute atomic E-state index is 0.740. The second-order valence-corrected chi connectivity index (χ2v) is 4.67. The lowest BCUT2D eigenvalue weighted by molar-refractivity contribution is 0.0314. The fourth-order valence-electron chi connectivity index (χ4n) is 2.59. The molecule has 2 rings (SSSR count). The highest BCUT2D eigenvalue weighted by Gasteiger charge is 2.27. The largest absolute Gasteiger partial charge is 0.381 e. The van der Waals surface area contributed by atoms with E-state index in [0.717, 1.165) is 31.1 Å². The molecule has 2 saturated heterocycles. The highest BCUT2D eigenvalue weighted by Crippen LogP contribution is 2.25. The van der Waals surface area contributed by atoms with Crippen LogP contribution >= 0.6 is 0 Å². The van der Waals surface area contributed by atoms with E-state index in [1.165, 1.54) is 32.2 Å². The quantitative estimate of drug-likeness (QED) is 0.669. The van der Waals surface area contributed by atoms with E-state index in [1.54, 1.807) is 0 Å². The number of piperidine rings is 1. The van der Waals surface area contributed by atoms with E-state index in [4.69, 9.17) is 4.74 Å². The summed E-state index contributed by atoms with van der Waals surface area (Å²) in [4.78, 5) is 0. The van der Waals surface area contributed by atoms with Crippen molar-refractivity contribution in [3.8, 4) is 0 Å². The van der Waals surface area contributed by atoms with Gasteiger partial charge in [-0.3, -0.25) is 0 Å². The summed E-state index contributed by atoms with van der Waals surface area (Å²) in [5, 5.41) is 3.64. The molecule has 0 saturated carbocycles. The van der Waals surface area contributed by atoms with Gasteiger partial charge in [-0.25, -0.2) is 0 Å². The van der Waals surface area contributed by atoms with Gasteiger partial charge in [0, 0.05) is 12.6 Å². The van der Waals surface area contributed by atoms with Crippen LogP contribution in [0.25, 0.3) is 0 Å². The summed E-state index contributed by atoms with van der Waals surface area (Å²) in [6.07, 6.45) is 5.33. The van der Waals surface area contributed by atoms with Crippen molar-refractivity contribution in [2.24, 2.45) is 11.8 Å². The minimum Gasteiger partial charge on any atom is -0.381 e. The molecule has 0 aromatic rings. The molecule has 2 fully saturated rings. The molecule has 0 radical (unpaired) electrons. The molecular formula is C11H21NO. The van der Waals surface area contributed by atoms with Gasteiger partial charge in [0.2, 0.25) is 0 Å². The molecule has 76 valence electrons. The van der Waals surface area contributed by atoms with Crippen molar-refractivity contribution < 1.29 is 4.74 Å². The van der Waals surface area contributed by atoms with Crippen molar-refractivity contribution in [2.45, 2.75) is 38.6 Å². The molecular weight excluding hydrogens is 162 g/mol. The average Bonchev–Trinajstić information content (AvgIpc) is 2.19. The van der Waals surface area contributed by atoms with Crippen LogP contribution in [0.15, 0.2) is 0 Å². The summed E-state index contributed by atoms with van der Waals surface area (Å²) in [7, 11) is 0. The van der Waals surface area contributed by atoms with Gasteiger partial charge in [-0.05, 0) is 44.1 Å². The van der Waals surface area contributed by atoms with Crippen LogP contribution < -0.4 is 5.32 Å². The summed E-state index contributed by atoms with van der Waals surface area (Å²) in [5.41, 5.74) is 0. The Morgan fingerprint density at radius 3 is 2.92 bits per heavy atom. The van der Waals surface area contributed by atoms with Crippen LogP contribution in [-0.2, 0) is 4.74 Å². The van der Waals surface area contributed by atoms with Gasteiger partial charge in [-0.1, -0.05) is 6.92 Å². The summed E-state index contributed by atoms with van der Waals surface area (Å²) in [5.74, 6) is 1.70. The fourth-order valence-corrected chi connectivity index (χ4v) is 2.59. The normalized spacial score (nSPS) is 41.8. The fraction of sp³-hybridized carbons (Fsp3) is 1.00. The topological polar surface area (TPSA) is 21.3 Å². The van der Waals surface area contributed by atoms with Crippen molar-refractivity contribution in [3.63, 3.8) is 0 Å². The third-order valence-electron chi connectivity index (χ3n) is 3.46. The Hall–Kier alpha value is -0.0800. The van der Waals surface area contributed by atoms with Gasteiger partial charge >= 0.3 is 0 Å². The van der Waals surface area contributed by atoms with Crippen molar-refractivity contribution in [1.29, 1.82) is 0 Å². The monoisotopic (exact) mass is 183 g/mol. The van der Waals surface area contributed by atoms with Crippen LogP contribution in [0, 0.1) is 11.8 Å². The molecule has 0 aromatic heterocycles. The van der Waals surface area contributed by atoms with Gasteiger partial charge in [0.25, 0.3) is 0 Å². The Balaban J connectivity index is 1.83. The van der Waals surface area contributed by atoms with Crippen molar-refractivity contribution >= 4 is 0 Å². The smallest absolute Gasteiger partial charge is 0.0509 e. The number of ether oxygens (including phenoxy) is 1. The van der Waals surface area contributed by atoms with Crippen LogP contribution in [0.5, 0.6) is 0 Å². The van der Waals surface area contributed by atoms with Gasteiger partial charge < -0.3 is 10.1 Å². The molecule has 13 heavy (non-hydrogen) atoms. The molecule has 0 spiro atoms. The van der Waals surface area contributed by atoms with E-state index in [0.29, 0.717) is 0 Å². The zero-order valence-corrected chi connectivity index (χ0v) is 8.59. The molecule has 2 heteroatoms. The van der Waals surface area contributed by atoms with E-state index >= 15 is 0 Å². The predicted molar refractivity (Wildman–Crippen MR) is 53.7 cm³/mol. The Bertz CT molecular complexity index is 154. The molecule has 1 N–H and O–H groups in total. The standard InChI is InChI=1S/C11H21NO/c1-9-4-5-12-11(7-9)10-3-2-6-13-8-10/h9-12H,2-8H2,1H3. The maximum absolute atomic E-state index is 5.53. The SMILES string of the molecule is CC1CCNC(C2CCCOC2)C1. The lowest BCUT2D eigenvalue weighted by Crippen LogP contribution is -2.45. The second-order valence-electron chi connectivity index (χ2n) is 4.67. The van der Waals surface area contributed by atoms with Crippen LogP contribution in [0.3, 0.4) is 0 Å². The number of rotatable bonds is 1. The number of nitrogens with one attached hydrogen (secondary N) is 1. The Morgan fingerprint density at radius 1 is 1.31 bits per heavy atom. The second kappa shape index (κ2) is 4.43. The molecule has 2 aliphatic rings. The molecule has 0 amide bonds. The van der Waals surface area contributed by atoms with Crippen LogP contribution in [0.1, 0.15) is 32.6 Å². The first-order chi connectivity index (χ1) is 6.36. The molecule has 2 nitrogen and oxygen atoms in total. The molecule has 3 unspecified atom stereocenters. The van der Waals surface area contributed by atoms with Crippen molar-refractivity contribution in [3.05, 3.63) is 0 Å². The van der Waals surface area contributed by atoms with E-state index in [1.807, 2.05) is 0 Å². The first kappa shape index (κ1) is 9.47. The van der Waals surface area contributed by atoms with Gasteiger partial charge in [0.05, 0.1) is 6.61 Å². The molecule has 2 aliphatic heterocycles. The maximum Gasteiger partial charge on any atom is 0.0509 e. The third kappa shape index (κ3) is 2.44. The van der Waals surface area contributed by atoms with Gasteiger partial charge in [-0.2, -0.15) is 0 Å². The Kier molecular flexibility index (Phi) is 3.23. The minimum atomic E-state index is 0.740. The zero-order valence-electron chi connectivity index (χ0n) is 8.59. The first-order valence-corrected chi connectivity index (χ1v) is 5.67. The van der Waals surface area contributed by atoms with E-state index < -0.39 is 0 Å². The van der Waals surface area contributed by atoms with Crippen molar-refractivity contribution in [2.75, 3.05) is 19.8 Å². The summed E-state index contributed by atoms with van der Waals surface area (Å²) in [6, 6.07) is 0.740. The van der Waals surface area contributed by atoms with Gasteiger partial charge in [0.1, 0.15) is 0 Å². The van der Waals surface area contributed by atoms with Crippen molar-refractivity contribution in [1.82, 2.24) is 5.32 Å². The molecule has 3 atom stereocenters. The predicted octanol–water partition coefficient (Wildman–Crippen LogP) is 1.80.